The fourth-order valence-electron chi connectivity index (χ4n) is 5.02. The Labute approximate surface area is 184 Å². The van der Waals surface area contributed by atoms with E-state index in [1.54, 1.807) is 12.4 Å². The summed E-state index contributed by atoms with van der Waals surface area (Å²) in [7, 11) is -3.40. The van der Waals surface area contributed by atoms with Crippen LogP contribution in [-0.4, -0.2) is 41.4 Å². The standard InChI is InChI=1S/C22H32N6O2S/c1-16-11-19(13-25-31(29,30)15-18-7-4-3-5-8-18)12-20(16)22-27-26-21-14-24-17(2)23-9-6-10-28(21)22/h6,9,13-14,16,18-20,23H,2-5,7-8,10-12,15H2,1H3/b9-6-,24-14-,25-13+/t16-,19?,20+/m1/s1. The van der Waals surface area contributed by atoms with Gasteiger partial charge in [-0.15, -0.1) is 10.2 Å². The number of sulfonamides is 1. The van der Waals surface area contributed by atoms with Gasteiger partial charge in [0.05, 0.1) is 12.0 Å². The lowest BCUT2D eigenvalue weighted by molar-refractivity contribution is 0.385. The number of hydrogen-bond donors (Lipinski definition) is 1. The van der Waals surface area contributed by atoms with E-state index in [0.29, 0.717) is 24.1 Å². The second-order valence-corrected chi connectivity index (χ2v) is 10.8. The van der Waals surface area contributed by atoms with Gasteiger partial charge in [-0.1, -0.05) is 32.8 Å². The van der Waals surface area contributed by atoms with Crippen molar-refractivity contribution in [1.29, 1.82) is 0 Å². The largest absolute Gasteiger partial charge is 0.347 e. The minimum atomic E-state index is -3.40. The molecule has 1 unspecified atom stereocenters. The predicted octanol–water partition coefficient (Wildman–Crippen LogP) is 3.40. The van der Waals surface area contributed by atoms with Crippen LogP contribution < -0.4 is 5.32 Å². The minimum Gasteiger partial charge on any atom is -0.347 e. The van der Waals surface area contributed by atoms with E-state index in [9.17, 15) is 8.42 Å². The topological polar surface area (TPSA) is 102 Å². The Morgan fingerprint density at radius 3 is 2.87 bits per heavy atom. The van der Waals surface area contributed by atoms with Crippen LogP contribution in [0.3, 0.4) is 0 Å². The summed E-state index contributed by atoms with van der Waals surface area (Å²) in [4.78, 5) is 4.27. The third-order valence-electron chi connectivity index (χ3n) is 6.65. The van der Waals surface area contributed by atoms with Gasteiger partial charge in [-0.2, -0.15) is 4.40 Å². The van der Waals surface area contributed by atoms with Crippen molar-refractivity contribution in [2.24, 2.45) is 27.1 Å². The molecule has 2 fully saturated rings. The molecular weight excluding hydrogens is 412 g/mol. The van der Waals surface area contributed by atoms with E-state index < -0.39 is 10.0 Å². The molecule has 1 N–H and O–H groups in total. The average Bonchev–Trinajstić information content (AvgIpc) is 3.32. The first kappa shape index (κ1) is 21.9. The van der Waals surface area contributed by atoms with Crippen LogP contribution in [0.4, 0.5) is 0 Å². The molecule has 4 rings (SSSR count). The van der Waals surface area contributed by atoms with Gasteiger partial charge in [-0.3, -0.25) is 0 Å². The summed E-state index contributed by atoms with van der Waals surface area (Å²) in [6.45, 7) is 6.67. The molecule has 1 aromatic heterocycles. The highest BCUT2D eigenvalue weighted by atomic mass is 32.2. The fourth-order valence-corrected chi connectivity index (χ4v) is 6.40. The van der Waals surface area contributed by atoms with Gasteiger partial charge in [-0.05, 0) is 49.5 Å². The molecule has 0 aromatic carbocycles. The maximum atomic E-state index is 12.5. The van der Waals surface area contributed by atoms with Crippen molar-refractivity contribution in [2.75, 3.05) is 5.75 Å². The Hall–Kier alpha value is -2.29. The van der Waals surface area contributed by atoms with E-state index in [1.807, 2.05) is 12.3 Å². The molecule has 3 atom stereocenters. The van der Waals surface area contributed by atoms with E-state index in [1.165, 1.54) is 6.42 Å². The maximum absolute atomic E-state index is 12.5. The molecule has 168 valence electrons. The number of hydrogen-bond acceptors (Lipinski definition) is 6. The zero-order valence-electron chi connectivity index (χ0n) is 18.2. The number of aromatic nitrogens is 3. The molecule has 0 spiro atoms. The Morgan fingerprint density at radius 2 is 2.06 bits per heavy atom. The molecule has 0 bridgehead atoms. The van der Waals surface area contributed by atoms with Crippen LogP contribution >= 0.6 is 0 Å². The third-order valence-corrected chi connectivity index (χ3v) is 7.99. The quantitative estimate of drug-likeness (QED) is 0.702. The van der Waals surface area contributed by atoms with Gasteiger partial charge in [0.2, 0.25) is 0 Å². The summed E-state index contributed by atoms with van der Waals surface area (Å²) in [6.07, 6.45) is 14.4. The van der Waals surface area contributed by atoms with Crippen molar-refractivity contribution in [2.45, 2.75) is 64.3 Å². The number of aliphatic imine (C=N–C) groups is 1. The van der Waals surface area contributed by atoms with Crippen LogP contribution in [0.25, 0.3) is 0 Å². The van der Waals surface area contributed by atoms with Crippen molar-refractivity contribution >= 4 is 22.5 Å². The number of nitrogens with one attached hydrogen (secondary N) is 1. The fraction of sp³-hybridized carbons (Fsp3) is 0.636. The SMILES string of the molecule is C=C1/N=C\c2nnc([C@H]3CC(/C=N/S(=O)(=O)CC4CCCCC4)C[C@H]3C)n2C/C=C\N1. The Bertz CT molecular complexity index is 988. The number of allylic oxidation sites excluding steroid dienone is 1. The molecule has 31 heavy (non-hydrogen) atoms. The summed E-state index contributed by atoms with van der Waals surface area (Å²) in [5.41, 5.74) is 0. The van der Waals surface area contributed by atoms with Gasteiger partial charge in [0.25, 0.3) is 10.0 Å². The van der Waals surface area contributed by atoms with Gasteiger partial charge < -0.3 is 9.88 Å². The molecule has 9 heteroatoms. The van der Waals surface area contributed by atoms with Crippen molar-refractivity contribution in [1.82, 2.24) is 20.1 Å². The summed E-state index contributed by atoms with van der Waals surface area (Å²) in [5, 5.41) is 11.8. The molecule has 1 aromatic rings. The summed E-state index contributed by atoms with van der Waals surface area (Å²) < 4.78 is 31.2. The molecular formula is C22H32N6O2S. The Morgan fingerprint density at radius 1 is 1.26 bits per heavy atom. The third kappa shape index (κ3) is 5.50. The molecule has 8 nitrogen and oxygen atoms in total. The van der Waals surface area contributed by atoms with Crippen LogP contribution in [0.1, 0.15) is 69.4 Å². The second-order valence-electron chi connectivity index (χ2n) is 9.10. The molecule has 1 aliphatic heterocycles. The summed E-state index contributed by atoms with van der Waals surface area (Å²) in [5.74, 6) is 3.34. The zero-order chi connectivity index (χ0) is 21.8. The lowest BCUT2D eigenvalue weighted by atomic mass is 9.91. The van der Waals surface area contributed by atoms with E-state index >= 15 is 0 Å². The van der Waals surface area contributed by atoms with Crippen LogP contribution in [-0.2, 0) is 16.6 Å². The van der Waals surface area contributed by atoms with Crippen molar-refractivity contribution < 1.29 is 8.42 Å². The lowest BCUT2D eigenvalue weighted by Crippen LogP contribution is -2.17. The molecule has 3 aliphatic rings. The summed E-state index contributed by atoms with van der Waals surface area (Å²) >= 11 is 0. The highest BCUT2D eigenvalue weighted by molar-refractivity contribution is 7.90. The van der Waals surface area contributed by atoms with Crippen molar-refractivity contribution in [3.05, 3.63) is 36.3 Å². The Balaban J connectivity index is 1.44. The van der Waals surface area contributed by atoms with Gasteiger partial charge in [0.1, 0.15) is 11.6 Å². The van der Waals surface area contributed by atoms with Gasteiger partial charge in [0.15, 0.2) is 5.82 Å². The van der Waals surface area contributed by atoms with E-state index in [0.717, 1.165) is 44.3 Å². The van der Waals surface area contributed by atoms with Crippen molar-refractivity contribution in [3.63, 3.8) is 0 Å². The first-order valence-corrected chi connectivity index (χ1v) is 12.9. The van der Waals surface area contributed by atoms with Crippen LogP contribution in [0.15, 0.2) is 34.1 Å². The number of fused-ring (bicyclic) bond motifs is 1. The van der Waals surface area contributed by atoms with Gasteiger partial charge >= 0.3 is 0 Å². The molecule has 0 radical (unpaired) electrons. The molecule has 2 aliphatic carbocycles. The second kappa shape index (κ2) is 9.46. The van der Waals surface area contributed by atoms with Gasteiger partial charge in [-0.25, -0.2) is 13.4 Å². The number of nitrogens with zero attached hydrogens (tertiary/aromatic N) is 5. The van der Waals surface area contributed by atoms with Crippen LogP contribution in [0.5, 0.6) is 0 Å². The van der Waals surface area contributed by atoms with Crippen LogP contribution in [0, 0.1) is 17.8 Å². The minimum absolute atomic E-state index is 0.135. The normalized spacial score (nSPS) is 29.7. The van der Waals surface area contributed by atoms with E-state index in [-0.39, 0.29) is 23.5 Å². The molecule has 2 heterocycles. The first-order chi connectivity index (χ1) is 14.9. The highest BCUT2D eigenvalue weighted by Crippen LogP contribution is 2.41. The van der Waals surface area contributed by atoms with Crippen molar-refractivity contribution in [3.8, 4) is 0 Å². The first-order valence-electron chi connectivity index (χ1n) is 11.3. The zero-order valence-corrected chi connectivity index (χ0v) is 19.0. The molecule has 0 saturated heterocycles. The van der Waals surface area contributed by atoms with Crippen LogP contribution in [0.2, 0.25) is 0 Å². The molecule has 0 amide bonds. The predicted molar refractivity (Wildman–Crippen MR) is 123 cm³/mol. The number of rotatable bonds is 5. The maximum Gasteiger partial charge on any atom is 0.253 e. The monoisotopic (exact) mass is 444 g/mol. The summed E-state index contributed by atoms with van der Waals surface area (Å²) in [6, 6.07) is 0. The lowest BCUT2D eigenvalue weighted by Gasteiger charge is -2.20. The van der Waals surface area contributed by atoms with E-state index in [2.05, 4.69) is 43.0 Å². The average molecular weight is 445 g/mol. The highest BCUT2D eigenvalue weighted by Gasteiger charge is 2.35. The molecule has 2 saturated carbocycles. The Kier molecular flexibility index (Phi) is 6.69. The smallest absolute Gasteiger partial charge is 0.253 e. The van der Waals surface area contributed by atoms with Gasteiger partial charge in [0, 0.05) is 24.9 Å². The van der Waals surface area contributed by atoms with E-state index in [4.69, 9.17) is 0 Å².